The summed E-state index contributed by atoms with van der Waals surface area (Å²) < 4.78 is 1.55. The Bertz CT molecular complexity index is 247. The van der Waals surface area contributed by atoms with Crippen LogP contribution in [0.5, 0.6) is 0 Å². The van der Waals surface area contributed by atoms with Crippen LogP contribution in [0.1, 0.15) is 18.1 Å². The first-order valence-corrected chi connectivity index (χ1v) is 3.68. The summed E-state index contributed by atoms with van der Waals surface area (Å²) in [6, 6.07) is 3.66. The van der Waals surface area contributed by atoms with E-state index in [2.05, 4.69) is 0 Å². The molecule has 0 aromatic carbocycles. The molecule has 0 aliphatic rings. The minimum Gasteiger partial charge on any atom is -0.291 e. The molecule has 0 fully saturated rings. The van der Waals surface area contributed by atoms with Crippen molar-refractivity contribution in [2.24, 2.45) is 0 Å². The van der Waals surface area contributed by atoms with Gasteiger partial charge in [0.1, 0.15) is 0 Å². The Kier molecular flexibility index (Phi) is 2.66. The highest BCUT2D eigenvalue weighted by atomic mass is 16.1. The first kappa shape index (κ1) is 7.79. The van der Waals surface area contributed by atoms with Crippen molar-refractivity contribution in [3.63, 3.8) is 0 Å². The minimum atomic E-state index is 0.0110. The van der Waals surface area contributed by atoms with E-state index in [0.29, 0.717) is 0 Å². The Morgan fingerprint density at radius 3 is 2.64 bits per heavy atom. The minimum absolute atomic E-state index is 0.0110. The molecule has 11 heavy (non-hydrogen) atoms. The van der Waals surface area contributed by atoms with Gasteiger partial charge in [-0.25, -0.2) is 0 Å². The maximum Gasteiger partial charge on any atom is 0.254 e. The second kappa shape index (κ2) is 3.76. The van der Waals surface area contributed by atoms with E-state index in [-0.39, 0.29) is 5.91 Å². The summed E-state index contributed by atoms with van der Waals surface area (Å²) in [6.07, 6.45) is 7.81. The molecule has 0 aliphatic carbocycles. The van der Waals surface area contributed by atoms with Crippen LogP contribution in [0.3, 0.4) is 0 Å². The maximum atomic E-state index is 11.1. The number of rotatable bonds is 2. The van der Waals surface area contributed by atoms with Crippen molar-refractivity contribution in [2.75, 3.05) is 0 Å². The Morgan fingerprint density at radius 2 is 2.09 bits per heavy atom. The number of carbonyl (C=O) groups excluding carboxylic acids is 1. The fourth-order valence-electron chi connectivity index (χ4n) is 0.786. The molecule has 0 atom stereocenters. The summed E-state index contributed by atoms with van der Waals surface area (Å²) in [5.41, 5.74) is 0. The summed E-state index contributed by atoms with van der Waals surface area (Å²) in [6.45, 7) is 2.00. The zero-order valence-electron chi connectivity index (χ0n) is 6.53. The van der Waals surface area contributed by atoms with Gasteiger partial charge in [-0.2, -0.15) is 0 Å². The van der Waals surface area contributed by atoms with E-state index in [1.54, 1.807) is 23.0 Å². The third-order valence-electron chi connectivity index (χ3n) is 1.36. The Morgan fingerprint density at radius 1 is 1.45 bits per heavy atom. The van der Waals surface area contributed by atoms with Gasteiger partial charge < -0.3 is 0 Å². The zero-order chi connectivity index (χ0) is 8.10. The van der Waals surface area contributed by atoms with Gasteiger partial charge in [-0.3, -0.25) is 9.36 Å². The van der Waals surface area contributed by atoms with Gasteiger partial charge in [-0.1, -0.05) is 13.0 Å². The Balaban J connectivity index is 2.64. The van der Waals surface area contributed by atoms with Crippen molar-refractivity contribution in [3.8, 4) is 0 Å². The van der Waals surface area contributed by atoms with Crippen molar-refractivity contribution in [2.45, 2.75) is 13.3 Å². The lowest BCUT2D eigenvalue weighted by Gasteiger charge is -1.92. The quantitative estimate of drug-likeness (QED) is 0.590. The molecule has 0 bridgehead atoms. The lowest BCUT2D eigenvalue weighted by atomic mass is 10.4. The van der Waals surface area contributed by atoms with Gasteiger partial charge in [0.05, 0.1) is 0 Å². The average Bonchev–Trinajstić information content (AvgIpc) is 2.52. The van der Waals surface area contributed by atoms with E-state index in [4.69, 9.17) is 0 Å². The monoisotopic (exact) mass is 149 g/mol. The number of hydrogen-bond donors (Lipinski definition) is 0. The molecule has 1 rings (SSSR count). The zero-order valence-corrected chi connectivity index (χ0v) is 6.53. The Labute approximate surface area is 66.1 Å². The van der Waals surface area contributed by atoms with Gasteiger partial charge >= 0.3 is 0 Å². The van der Waals surface area contributed by atoms with Crippen LogP contribution in [-0.4, -0.2) is 10.5 Å². The van der Waals surface area contributed by atoms with Crippen molar-refractivity contribution in [1.82, 2.24) is 4.57 Å². The van der Waals surface area contributed by atoms with Crippen LogP contribution in [-0.2, 0) is 0 Å². The molecule has 0 N–H and O–H groups in total. The molecule has 0 spiro atoms. The average molecular weight is 149 g/mol. The first-order valence-electron chi connectivity index (χ1n) is 3.68. The van der Waals surface area contributed by atoms with E-state index >= 15 is 0 Å². The highest BCUT2D eigenvalue weighted by Crippen LogP contribution is 1.91. The van der Waals surface area contributed by atoms with Gasteiger partial charge in [0.15, 0.2) is 0 Å². The largest absolute Gasteiger partial charge is 0.291 e. The molecular formula is C9H11NO. The standard InChI is InChI=1S/C9H11NO/c1-2-3-6-9(11)10-7-4-5-8-10/h3-8H,2H2,1H3/b6-3+. The number of allylic oxidation sites excluding steroid dienone is 2. The van der Waals surface area contributed by atoms with E-state index in [1.165, 1.54) is 0 Å². The highest BCUT2D eigenvalue weighted by Gasteiger charge is 1.94. The molecule has 0 aliphatic heterocycles. The fourth-order valence-corrected chi connectivity index (χ4v) is 0.786. The SMILES string of the molecule is CC/C=C/C(=O)n1cccc1. The van der Waals surface area contributed by atoms with Crippen LogP contribution in [0.2, 0.25) is 0 Å². The maximum absolute atomic E-state index is 11.1. The number of nitrogens with zero attached hydrogens (tertiary/aromatic N) is 1. The third kappa shape index (κ3) is 2.08. The molecule has 1 aromatic rings. The molecular weight excluding hydrogens is 138 g/mol. The lowest BCUT2D eigenvalue weighted by molar-refractivity contribution is 0.0969. The molecule has 1 aromatic heterocycles. The fraction of sp³-hybridized carbons (Fsp3) is 0.222. The number of carbonyl (C=O) groups is 1. The van der Waals surface area contributed by atoms with Gasteiger partial charge in [0, 0.05) is 12.4 Å². The van der Waals surface area contributed by atoms with Crippen molar-refractivity contribution in [1.29, 1.82) is 0 Å². The molecule has 0 saturated carbocycles. The first-order chi connectivity index (χ1) is 5.34. The Hall–Kier alpha value is -1.31. The van der Waals surface area contributed by atoms with Crippen LogP contribution in [0.25, 0.3) is 0 Å². The summed E-state index contributed by atoms with van der Waals surface area (Å²) in [4.78, 5) is 11.1. The summed E-state index contributed by atoms with van der Waals surface area (Å²) >= 11 is 0. The van der Waals surface area contributed by atoms with Crippen LogP contribution in [0, 0.1) is 0 Å². The highest BCUT2D eigenvalue weighted by molar-refractivity contribution is 5.89. The van der Waals surface area contributed by atoms with Crippen LogP contribution in [0.4, 0.5) is 0 Å². The third-order valence-corrected chi connectivity index (χ3v) is 1.36. The van der Waals surface area contributed by atoms with Crippen molar-refractivity contribution in [3.05, 3.63) is 36.7 Å². The van der Waals surface area contributed by atoms with Gasteiger partial charge in [0.2, 0.25) is 0 Å². The summed E-state index contributed by atoms with van der Waals surface area (Å²) in [7, 11) is 0. The van der Waals surface area contributed by atoms with Crippen molar-refractivity contribution >= 4 is 5.91 Å². The topological polar surface area (TPSA) is 22.0 Å². The van der Waals surface area contributed by atoms with E-state index in [1.807, 2.05) is 25.1 Å². The van der Waals surface area contributed by atoms with Crippen molar-refractivity contribution < 1.29 is 4.79 Å². The molecule has 2 nitrogen and oxygen atoms in total. The van der Waals surface area contributed by atoms with Gasteiger partial charge in [-0.05, 0) is 24.6 Å². The molecule has 58 valence electrons. The van der Waals surface area contributed by atoms with E-state index in [9.17, 15) is 4.79 Å². The second-order valence-electron chi connectivity index (χ2n) is 2.24. The van der Waals surface area contributed by atoms with Gasteiger partial charge in [-0.15, -0.1) is 0 Å². The van der Waals surface area contributed by atoms with Crippen LogP contribution >= 0.6 is 0 Å². The lowest BCUT2D eigenvalue weighted by Crippen LogP contribution is -2.02. The van der Waals surface area contributed by atoms with Crippen LogP contribution in [0.15, 0.2) is 36.7 Å². The molecule has 0 saturated heterocycles. The van der Waals surface area contributed by atoms with Crippen LogP contribution < -0.4 is 0 Å². The number of hydrogen-bond acceptors (Lipinski definition) is 1. The molecule has 0 unspecified atom stereocenters. The summed E-state index contributed by atoms with van der Waals surface area (Å²) in [5, 5.41) is 0. The predicted molar refractivity (Wildman–Crippen MR) is 44.5 cm³/mol. The molecule has 1 heterocycles. The normalized spacial score (nSPS) is 10.6. The smallest absolute Gasteiger partial charge is 0.254 e. The second-order valence-corrected chi connectivity index (χ2v) is 2.24. The summed E-state index contributed by atoms with van der Waals surface area (Å²) in [5.74, 6) is 0.0110. The van der Waals surface area contributed by atoms with E-state index < -0.39 is 0 Å². The van der Waals surface area contributed by atoms with Gasteiger partial charge in [0.25, 0.3) is 5.91 Å². The molecule has 2 heteroatoms. The molecule has 0 radical (unpaired) electrons. The van der Waals surface area contributed by atoms with E-state index in [0.717, 1.165) is 6.42 Å². The number of aromatic nitrogens is 1. The molecule has 0 amide bonds. The predicted octanol–water partition coefficient (Wildman–Crippen LogP) is 2.09.